The summed E-state index contributed by atoms with van der Waals surface area (Å²) in [5.74, 6) is -0.262. The maximum Gasteiger partial charge on any atom is 0.278 e. The molecule has 1 amide bonds. The molecule has 0 radical (unpaired) electrons. The summed E-state index contributed by atoms with van der Waals surface area (Å²) in [6, 6.07) is 7.23. The molecular weight excluding hydrogens is 280 g/mol. The van der Waals surface area contributed by atoms with Crippen LogP contribution in [0, 0.1) is 0 Å². The number of fused-ring (bicyclic) bond motifs is 1. The van der Waals surface area contributed by atoms with Crippen LogP contribution in [-0.2, 0) is 7.05 Å². The van der Waals surface area contributed by atoms with Crippen molar-refractivity contribution >= 4 is 16.8 Å². The minimum atomic E-state index is -0.281. The molecule has 22 heavy (non-hydrogen) atoms. The van der Waals surface area contributed by atoms with Crippen molar-refractivity contribution in [2.24, 2.45) is 7.05 Å². The van der Waals surface area contributed by atoms with Crippen LogP contribution in [0.1, 0.15) is 17.4 Å². The van der Waals surface area contributed by atoms with Crippen LogP contribution in [0.15, 0.2) is 29.1 Å². The van der Waals surface area contributed by atoms with Crippen LogP contribution < -0.4 is 5.43 Å². The number of benzene rings is 1. The van der Waals surface area contributed by atoms with Gasteiger partial charge in [0.05, 0.1) is 5.52 Å². The Morgan fingerprint density at radius 3 is 2.55 bits per heavy atom. The fourth-order valence-electron chi connectivity index (χ4n) is 2.88. The zero-order valence-electron chi connectivity index (χ0n) is 13.0. The van der Waals surface area contributed by atoms with Crippen molar-refractivity contribution in [3.63, 3.8) is 0 Å². The Morgan fingerprint density at radius 2 is 1.86 bits per heavy atom. The van der Waals surface area contributed by atoms with Crippen molar-refractivity contribution in [3.05, 3.63) is 40.2 Å². The summed E-state index contributed by atoms with van der Waals surface area (Å²) in [5.41, 5.74) is 0.475. The number of rotatable bonds is 2. The van der Waals surface area contributed by atoms with Gasteiger partial charge < -0.3 is 9.80 Å². The van der Waals surface area contributed by atoms with Crippen molar-refractivity contribution < 1.29 is 4.79 Å². The lowest BCUT2D eigenvalue weighted by Gasteiger charge is -2.33. The number of carbonyl (C=O) groups is 1. The molecule has 6 heteroatoms. The Hall–Kier alpha value is -2.21. The predicted octanol–water partition coefficient (Wildman–Crippen LogP) is 0.711. The van der Waals surface area contributed by atoms with Crippen molar-refractivity contribution in [1.82, 2.24) is 19.6 Å². The molecular formula is C16H20N4O2. The average molecular weight is 300 g/mol. The first-order chi connectivity index (χ1) is 10.6. The number of carbonyl (C=O) groups excluding carboxylic acids is 1. The molecule has 0 unspecified atom stereocenters. The predicted molar refractivity (Wildman–Crippen MR) is 85.0 cm³/mol. The molecule has 3 rings (SSSR count). The van der Waals surface area contributed by atoms with Gasteiger partial charge >= 0.3 is 0 Å². The van der Waals surface area contributed by atoms with Gasteiger partial charge in [-0.3, -0.25) is 14.3 Å². The molecule has 0 atom stereocenters. The summed E-state index contributed by atoms with van der Waals surface area (Å²) in [7, 11) is 1.76. The van der Waals surface area contributed by atoms with Crippen LogP contribution in [0.5, 0.6) is 0 Å². The van der Waals surface area contributed by atoms with Gasteiger partial charge in [-0.15, -0.1) is 0 Å². The van der Waals surface area contributed by atoms with E-state index in [0.29, 0.717) is 18.5 Å². The summed E-state index contributed by atoms with van der Waals surface area (Å²) < 4.78 is 1.60. The zero-order chi connectivity index (χ0) is 15.7. The summed E-state index contributed by atoms with van der Waals surface area (Å²) in [4.78, 5) is 29.2. The highest BCUT2D eigenvalue weighted by atomic mass is 16.2. The molecule has 6 nitrogen and oxygen atoms in total. The van der Waals surface area contributed by atoms with Gasteiger partial charge in [0, 0.05) is 38.6 Å². The monoisotopic (exact) mass is 300 g/mol. The Bertz CT molecular complexity index is 760. The number of hydrogen-bond acceptors (Lipinski definition) is 4. The lowest BCUT2D eigenvalue weighted by molar-refractivity contribution is 0.0634. The van der Waals surface area contributed by atoms with E-state index in [1.54, 1.807) is 28.8 Å². The van der Waals surface area contributed by atoms with Gasteiger partial charge in [-0.05, 0) is 18.7 Å². The number of piperazine rings is 1. The first-order valence-corrected chi connectivity index (χ1v) is 7.59. The average Bonchev–Trinajstić information content (AvgIpc) is 2.57. The number of para-hydroxylation sites is 1. The first-order valence-electron chi connectivity index (χ1n) is 7.59. The maximum absolute atomic E-state index is 12.6. The fourth-order valence-corrected chi connectivity index (χ4v) is 2.88. The van der Waals surface area contributed by atoms with E-state index in [-0.39, 0.29) is 17.0 Å². The number of amides is 1. The number of nitrogens with zero attached hydrogens (tertiary/aromatic N) is 4. The van der Waals surface area contributed by atoms with Gasteiger partial charge in [0.2, 0.25) is 5.43 Å². The lowest BCUT2D eigenvalue weighted by Crippen LogP contribution is -2.49. The van der Waals surface area contributed by atoms with Crippen LogP contribution >= 0.6 is 0 Å². The Kier molecular flexibility index (Phi) is 3.94. The molecule has 1 aliphatic heterocycles. The minimum absolute atomic E-state index is 0.0196. The molecule has 1 aliphatic rings. The number of aryl methyl sites for hydroxylation is 1. The van der Waals surface area contributed by atoms with Crippen LogP contribution in [0.2, 0.25) is 0 Å². The van der Waals surface area contributed by atoms with Gasteiger partial charge in [0.25, 0.3) is 5.91 Å². The largest absolute Gasteiger partial charge is 0.335 e. The van der Waals surface area contributed by atoms with Gasteiger partial charge in [-0.2, -0.15) is 5.10 Å². The number of aromatic nitrogens is 2. The van der Waals surface area contributed by atoms with E-state index in [4.69, 9.17) is 0 Å². The van der Waals surface area contributed by atoms with E-state index in [1.807, 2.05) is 12.1 Å². The van der Waals surface area contributed by atoms with Crippen LogP contribution in [0.25, 0.3) is 10.9 Å². The van der Waals surface area contributed by atoms with E-state index in [2.05, 4.69) is 16.9 Å². The molecule has 0 aliphatic carbocycles. The Balaban J connectivity index is 1.95. The fraction of sp³-hybridized carbons (Fsp3) is 0.438. The normalized spacial score (nSPS) is 16.2. The van der Waals surface area contributed by atoms with E-state index >= 15 is 0 Å². The van der Waals surface area contributed by atoms with Crippen LogP contribution in [-0.4, -0.2) is 58.2 Å². The third kappa shape index (κ3) is 2.50. The minimum Gasteiger partial charge on any atom is -0.335 e. The SMILES string of the molecule is CCN1CCN(C(=O)c2nn(C)c3ccccc3c2=O)CC1. The molecule has 1 aromatic carbocycles. The quantitative estimate of drug-likeness (QED) is 0.820. The van der Waals surface area contributed by atoms with E-state index in [9.17, 15) is 9.59 Å². The second-order valence-electron chi connectivity index (χ2n) is 5.54. The van der Waals surface area contributed by atoms with Crippen molar-refractivity contribution in [1.29, 1.82) is 0 Å². The van der Waals surface area contributed by atoms with Crippen molar-refractivity contribution in [3.8, 4) is 0 Å². The second kappa shape index (κ2) is 5.88. The molecule has 0 bridgehead atoms. The molecule has 1 aromatic heterocycles. The highest BCUT2D eigenvalue weighted by Crippen LogP contribution is 2.10. The summed E-state index contributed by atoms with van der Waals surface area (Å²) in [5, 5.41) is 4.75. The van der Waals surface area contributed by atoms with E-state index < -0.39 is 0 Å². The number of hydrogen-bond donors (Lipinski definition) is 0. The summed E-state index contributed by atoms with van der Waals surface area (Å²) >= 11 is 0. The van der Waals surface area contributed by atoms with Gasteiger partial charge in [-0.1, -0.05) is 19.1 Å². The van der Waals surface area contributed by atoms with Gasteiger partial charge in [0.1, 0.15) is 0 Å². The van der Waals surface area contributed by atoms with Gasteiger partial charge in [0.15, 0.2) is 5.69 Å². The summed E-state index contributed by atoms with van der Waals surface area (Å²) in [6.07, 6.45) is 0. The summed E-state index contributed by atoms with van der Waals surface area (Å²) in [6.45, 7) is 6.07. The van der Waals surface area contributed by atoms with E-state index in [0.717, 1.165) is 25.2 Å². The highest BCUT2D eigenvalue weighted by molar-refractivity contribution is 5.95. The lowest BCUT2D eigenvalue weighted by atomic mass is 10.2. The van der Waals surface area contributed by atoms with Crippen molar-refractivity contribution in [2.45, 2.75) is 6.92 Å². The van der Waals surface area contributed by atoms with Gasteiger partial charge in [-0.25, -0.2) is 0 Å². The zero-order valence-corrected chi connectivity index (χ0v) is 13.0. The van der Waals surface area contributed by atoms with Crippen LogP contribution in [0.4, 0.5) is 0 Å². The van der Waals surface area contributed by atoms with E-state index in [1.165, 1.54) is 0 Å². The third-order valence-corrected chi connectivity index (χ3v) is 4.27. The molecule has 2 aromatic rings. The molecule has 0 spiro atoms. The Labute approximate surface area is 128 Å². The highest BCUT2D eigenvalue weighted by Gasteiger charge is 2.25. The molecule has 1 fully saturated rings. The Morgan fingerprint density at radius 1 is 1.18 bits per heavy atom. The maximum atomic E-state index is 12.6. The molecule has 2 heterocycles. The molecule has 1 saturated heterocycles. The number of likely N-dealkylation sites (N-methyl/N-ethyl adjacent to an activating group) is 1. The molecule has 116 valence electrons. The first kappa shape index (κ1) is 14.7. The smallest absolute Gasteiger partial charge is 0.278 e. The standard InChI is InChI=1S/C16H20N4O2/c1-3-19-8-10-20(11-9-19)16(22)14-15(21)12-6-4-5-7-13(12)18(2)17-14/h4-7H,3,8-11H2,1-2H3. The molecule has 0 saturated carbocycles. The van der Waals surface area contributed by atoms with Crippen LogP contribution in [0.3, 0.4) is 0 Å². The topological polar surface area (TPSA) is 58.4 Å². The molecule has 0 N–H and O–H groups in total. The van der Waals surface area contributed by atoms with Crippen molar-refractivity contribution in [2.75, 3.05) is 32.7 Å². The third-order valence-electron chi connectivity index (χ3n) is 4.27. The second-order valence-corrected chi connectivity index (χ2v) is 5.54.